The summed E-state index contributed by atoms with van der Waals surface area (Å²) in [4.78, 5) is 23.9. The summed E-state index contributed by atoms with van der Waals surface area (Å²) in [7, 11) is 0. The molecule has 0 N–H and O–H groups in total. The Labute approximate surface area is 98.4 Å². The largest absolute Gasteiger partial charge is 0.488 e. The van der Waals surface area contributed by atoms with Gasteiger partial charge in [-0.15, -0.1) is 0 Å². The molecule has 3 heteroatoms. The van der Waals surface area contributed by atoms with Crippen molar-refractivity contribution in [2.45, 2.75) is 6.92 Å². The Morgan fingerprint density at radius 1 is 1.24 bits per heavy atom. The van der Waals surface area contributed by atoms with Crippen LogP contribution in [-0.2, 0) is 0 Å². The van der Waals surface area contributed by atoms with E-state index in [0.29, 0.717) is 29.1 Å². The summed E-state index contributed by atoms with van der Waals surface area (Å²) in [5, 5.41) is 0. The number of hydrogen-bond acceptors (Lipinski definition) is 3. The van der Waals surface area contributed by atoms with Gasteiger partial charge in [0.25, 0.3) is 0 Å². The average Bonchev–Trinajstić information content (AvgIpc) is 2.35. The number of carbonyl (C=O) groups excluding carboxylic acids is 2. The monoisotopic (exact) mass is 226 g/mol. The van der Waals surface area contributed by atoms with Gasteiger partial charge in [-0.05, 0) is 25.1 Å². The molecule has 0 atom stereocenters. The van der Waals surface area contributed by atoms with E-state index >= 15 is 0 Å². The van der Waals surface area contributed by atoms with Crippen LogP contribution >= 0.6 is 0 Å². The minimum Gasteiger partial charge on any atom is -0.488 e. The molecule has 1 heterocycles. The van der Waals surface area contributed by atoms with Crippen LogP contribution < -0.4 is 4.74 Å². The molecular formula is C14H10O3. The molecule has 17 heavy (non-hydrogen) atoms. The lowest BCUT2D eigenvalue weighted by atomic mass is 9.87. The van der Waals surface area contributed by atoms with Crippen LogP contribution in [0.15, 0.2) is 29.9 Å². The van der Waals surface area contributed by atoms with Gasteiger partial charge in [0.2, 0.25) is 0 Å². The number of ether oxygens (including phenoxy) is 1. The van der Waals surface area contributed by atoms with Crippen LogP contribution in [0.3, 0.4) is 0 Å². The van der Waals surface area contributed by atoms with Crippen LogP contribution in [0.5, 0.6) is 5.75 Å². The van der Waals surface area contributed by atoms with Crippen molar-refractivity contribution in [2.24, 2.45) is 0 Å². The molecule has 84 valence electrons. The highest BCUT2D eigenvalue weighted by Crippen LogP contribution is 2.34. The maximum atomic E-state index is 12.0. The van der Waals surface area contributed by atoms with E-state index in [-0.39, 0.29) is 11.6 Å². The molecular weight excluding hydrogens is 216 g/mol. The number of rotatable bonds is 0. The van der Waals surface area contributed by atoms with E-state index in [4.69, 9.17) is 4.74 Å². The number of allylic oxidation sites excluding steroid dienone is 2. The van der Waals surface area contributed by atoms with E-state index in [0.717, 1.165) is 5.56 Å². The molecule has 1 aromatic rings. The SMILES string of the molecule is CC1=CC(=O)c2c(ccc3c2OCC=C3)C1=O. The molecule has 0 amide bonds. The van der Waals surface area contributed by atoms with Crippen molar-refractivity contribution in [3.8, 4) is 5.75 Å². The zero-order valence-corrected chi connectivity index (χ0v) is 9.32. The molecule has 1 aliphatic heterocycles. The van der Waals surface area contributed by atoms with Gasteiger partial charge in [-0.2, -0.15) is 0 Å². The first-order chi connectivity index (χ1) is 8.18. The molecule has 0 fully saturated rings. The summed E-state index contributed by atoms with van der Waals surface area (Å²) in [6.07, 6.45) is 5.17. The van der Waals surface area contributed by atoms with Crippen molar-refractivity contribution in [1.29, 1.82) is 0 Å². The van der Waals surface area contributed by atoms with Gasteiger partial charge < -0.3 is 4.74 Å². The van der Waals surface area contributed by atoms with Gasteiger partial charge in [0.15, 0.2) is 11.6 Å². The Bertz CT molecular complexity index is 606. The van der Waals surface area contributed by atoms with Gasteiger partial charge in [0.05, 0.1) is 5.56 Å². The van der Waals surface area contributed by atoms with Crippen LogP contribution in [0.1, 0.15) is 33.2 Å². The fourth-order valence-corrected chi connectivity index (χ4v) is 2.17. The lowest BCUT2D eigenvalue weighted by Crippen LogP contribution is -2.18. The first-order valence-corrected chi connectivity index (χ1v) is 5.42. The fourth-order valence-electron chi connectivity index (χ4n) is 2.17. The van der Waals surface area contributed by atoms with E-state index in [1.807, 2.05) is 18.2 Å². The summed E-state index contributed by atoms with van der Waals surface area (Å²) in [6.45, 7) is 2.09. The van der Waals surface area contributed by atoms with E-state index in [9.17, 15) is 9.59 Å². The zero-order chi connectivity index (χ0) is 12.0. The number of Topliss-reactive ketones (excluding diaryl/α,β-unsaturated/α-hetero) is 1. The van der Waals surface area contributed by atoms with Crippen molar-refractivity contribution in [1.82, 2.24) is 0 Å². The maximum absolute atomic E-state index is 12.0. The normalized spacial score (nSPS) is 17.1. The molecule has 0 radical (unpaired) electrons. The van der Waals surface area contributed by atoms with E-state index < -0.39 is 0 Å². The molecule has 0 unspecified atom stereocenters. The van der Waals surface area contributed by atoms with Crippen LogP contribution in [0.25, 0.3) is 6.08 Å². The molecule has 1 aliphatic carbocycles. The van der Waals surface area contributed by atoms with Gasteiger partial charge >= 0.3 is 0 Å². The first kappa shape index (κ1) is 10.0. The highest BCUT2D eigenvalue weighted by Gasteiger charge is 2.28. The lowest BCUT2D eigenvalue weighted by Gasteiger charge is -2.20. The molecule has 0 spiro atoms. The predicted molar refractivity (Wildman–Crippen MR) is 63.4 cm³/mol. The van der Waals surface area contributed by atoms with Gasteiger partial charge in [-0.3, -0.25) is 9.59 Å². The summed E-state index contributed by atoms with van der Waals surface area (Å²) < 4.78 is 5.49. The Morgan fingerprint density at radius 3 is 2.88 bits per heavy atom. The molecule has 0 saturated carbocycles. The molecule has 0 saturated heterocycles. The molecule has 3 rings (SSSR count). The summed E-state index contributed by atoms with van der Waals surface area (Å²) in [5.74, 6) is 0.289. The number of benzene rings is 1. The lowest BCUT2D eigenvalue weighted by molar-refractivity contribution is 0.0981. The smallest absolute Gasteiger partial charge is 0.190 e. The second kappa shape index (κ2) is 3.42. The highest BCUT2D eigenvalue weighted by atomic mass is 16.5. The van der Waals surface area contributed by atoms with Crippen LogP contribution in [-0.4, -0.2) is 18.2 Å². The van der Waals surface area contributed by atoms with Crippen molar-refractivity contribution in [3.63, 3.8) is 0 Å². The molecule has 3 nitrogen and oxygen atoms in total. The molecule has 1 aromatic carbocycles. The van der Waals surface area contributed by atoms with Gasteiger partial charge in [0, 0.05) is 16.7 Å². The van der Waals surface area contributed by atoms with Crippen LogP contribution in [0.2, 0.25) is 0 Å². The number of hydrogen-bond donors (Lipinski definition) is 0. The van der Waals surface area contributed by atoms with Crippen molar-refractivity contribution < 1.29 is 14.3 Å². The Hall–Kier alpha value is -2.16. The standard InChI is InChI=1S/C14H10O3/c1-8-7-11(15)12-10(13(8)16)5-4-9-3-2-6-17-14(9)12/h2-5,7H,6H2,1H3. The third kappa shape index (κ3) is 1.35. The Balaban J connectivity index is 2.31. The van der Waals surface area contributed by atoms with Crippen LogP contribution in [0.4, 0.5) is 0 Å². The van der Waals surface area contributed by atoms with Crippen LogP contribution in [0, 0.1) is 0 Å². The quantitative estimate of drug-likeness (QED) is 0.682. The summed E-state index contributed by atoms with van der Waals surface area (Å²) in [5.41, 5.74) is 2.18. The predicted octanol–water partition coefficient (Wildman–Crippen LogP) is 2.42. The minimum atomic E-state index is -0.149. The second-order valence-corrected chi connectivity index (χ2v) is 4.14. The zero-order valence-electron chi connectivity index (χ0n) is 9.32. The number of carbonyl (C=O) groups is 2. The Morgan fingerprint density at radius 2 is 2.06 bits per heavy atom. The third-order valence-electron chi connectivity index (χ3n) is 3.01. The number of fused-ring (bicyclic) bond motifs is 3. The molecule has 2 aliphatic rings. The van der Waals surface area contributed by atoms with Gasteiger partial charge in [-0.1, -0.05) is 12.1 Å². The van der Waals surface area contributed by atoms with Crippen molar-refractivity contribution >= 4 is 17.6 Å². The topological polar surface area (TPSA) is 43.4 Å². The van der Waals surface area contributed by atoms with Crippen molar-refractivity contribution in [2.75, 3.05) is 6.61 Å². The second-order valence-electron chi connectivity index (χ2n) is 4.14. The van der Waals surface area contributed by atoms with E-state index in [2.05, 4.69) is 0 Å². The van der Waals surface area contributed by atoms with Gasteiger partial charge in [0.1, 0.15) is 12.4 Å². The van der Waals surface area contributed by atoms with Gasteiger partial charge in [-0.25, -0.2) is 0 Å². The fraction of sp³-hybridized carbons (Fsp3) is 0.143. The summed E-state index contributed by atoms with van der Waals surface area (Å²) >= 11 is 0. The first-order valence-electron chi connectivity index (χ1n) is 5.42. The third-order valence-corrected chi connectivity index (χ3v) is 3.01. The van der Waals surface area contributed by atoms with E-state index in [1.165, 1.54) is 6.08 Å². The average molecular weight is 226 g/mol. The molecule has 0 bridgehead atoms. The Kier molecular flexibility index (Phi) is 2.01. The number of ketones is 2. The molecule has 0 aromatic heterocycles. The summed E-state index contributed by atoms with van der Waals surface area (Å²) in [6, 6.07) is 3.51. The minimum absolute atomic E-state index is 0.0967. The highest BCUT2D eigenvalue weighted by molar-refractivity contribution is 6.25. The maximum Gasteiger partial charge on any atom is 0.190 e. The van der Waals surface area contributed by atoms with Crippen molar-refractivity contribution in [3.05, 3.63) is 46.5 Å². The van der Waals surface area contributed by atoms with E-state index in [1.54, 1.807) is 13.0 Å².